The van der Waals surface area contributed by atoms with E-state index in [1.54, 1.807) is 36.1 Å². The Labute approximate surface area is 162 Å². The molecule has 0 bridgehead atoms. The first-order valence-corrected chi connectivity index (χ1v) is 9.14. The molecule has 0 unspecified atom stereocenters. The first-order chi connectivity index (χ1) is 13.2. The molecule has 8 nitrogen and oxygen atoms in total. The van der Waals surface area contributed by atoms with Crippen LogP contribution in [-0.4, -0.2) is 39.1 Å². The lowest BCUT2D eigenvalue weighted by atomic mass is 10.1. The van der Waals surface area contributed by atoms with Crippen LogP contribution in [0.5, 0.6) is 0 Å². The fourth-order valence-electron chi connectivity index (χ4n) is 3.05. The highest BCUT2D eigenvalue weighted by atomic mass is 16.5. The van der Waals surface area contributed by atoms with Crippen LogP contribution >= 0.6 is 0 Å². The van der Waals surface area contributed by atoms with Crippen LogP contribution in [-0.2, 0) is 11.3 Å². The summed E-state index contributed by atoms with van der Waals surface area (Å²) in [5.41, 5.74) is 0.324. The Morgan fingerprint density at radius 3 is 2.75 bits per heavy atom. The lowest BCUT2D eigenvalue weighted by Crippen LogP contribution is -2.43. The van der Waals surface area contributed by atoms with Crippen LogP contribution in [0.4, 0.5) is 0 Å². The second-order valence-corrected chi connectivity index (χ2v) is 7.69. The molecule has 3 rings (SSSR count). The lowest BCUT2D eigenvalue weighted by molar-refractivity contribution is 0.0917. The average molecular weight is 383 g/mol. The molecule has 1 amide bonds. The Morgan fingerprint density at radius 1 is 1.32 bits per heavy atom. The normalized spacial score (nSPS) is 11.9. The maximum Gasteiger partial charge on any atom is 0.267 e. The molecule has 3 heterocycles. The SMILES string of the molecule is COCCCn1c(=N)c(C(=O)NC(C)(C)C)cc2c(=O)n3ccccc3nc21. The molecule has 8 heteroatoms. The van der Waals surface area contributed by atoms with Gasteiger partial charge < -0.3 is 14.6 Å². The van der Waals surface area contributed by atoms with Crippen LogP contribution in [0.2, 0.25) is 0 Å². The Hall–Kier alpha value is -3.00. The second kappa shape index (κ2) is 7.55. The largest absolute Gasteiger partial charge is 0.385 e. The van der Waals surface area contributed by atoms with E-state index >= 15 is 0 Å². The minimum absolute atomic E-state index is 0.0255. The summed E-state index contributed by atoms with van der Waals surface area (Å²) in [6.07, 6.45) is 2.27. The standard InChI is InChI=1S/C20H25N5O3/c1-20(2,3)23-18(26)13-12-14-17(25(16(13)21)10-7-11-28-4)22-15-8-5-6-9-24(15)19(14)27/h5-6,8-9,12,21H,7,10-11H2,1-4H3,(H,23,26). The number of nitrogens with one attached hydrogen (secondary N) is 2. The molecule has 0 saturated carbocycles. The number of hydrogen-bond donors (Lipinski definition) is 2. The van der Waals surface area contributed by atoms with Gasteiger partial charge >= 0.3 is 0 Å². The van der Waals surface area contributed by atoms with Crippen LogP contribution in [0.15, 0.2) is 35.3 Å². The number of aromatic nitrogens is 3. The molecule has 0 saturated heterocycles. The van der Waals surface area contributed by atoms with Gasteiger partial charge in [-0.25, -0.2) is 4.98 Å². The zero-order chi connectivity index (χ0) is 20.5. The average Bonchev–Trinajstić information content (AvgIpc) is 2.62. The smallest absolute Gasteiger partial charge is 0.267 e. The van der Waals surface area contributed by atoms with Gasteiger partial charge in [-0.05, 0) is 45.4 Å². The quantitative estimate of drug-likeness (QED) is 0.517. The van der Waals surface area contributed by atoms with Gasteiger partial charge in [0.2, 0.25) is 0 Å². The number of pyridine rings is 2. The fraction of sp³-hybridized carbons (Fsp3) is 0.400. The van der Waals surface area contributed by atoms with E-state index in [1.165, 1.54) is 10.5 Å². The van der Waals surface area contributed by atoms with E-state index in [4.69, 9.17) is 10.1 Å². The first-order valence-electron chi connectivity index (χ1n) is 9.14. The van der Waals surface area contributed by atoms with E-state index in [0.717, 1.165) is 0 Å². The topological polar surface area (TPSA) is 101 Å². The highest BCUT2D eigenvalue weighted by Crippen LogP contribution is 2.12. The molecule has 0 aliphatic heterocycles. The van der Waals surface area contributed by atoms with Crippen molar-refractivity contribution < 1.29 is 9.53 Å². The molecule has 0 atom stereocenters. The van der Waals surface area contributed by atoms with Crippen molar-refractivity contribution in [2.45, 2.75) is 39.3 Å². The van der Waals surface area contributed by atoms with Crippen LogP contribution in [0, 0.1) is 5.41 Å². The van der Waals surface area contributed by atoms with Gasteiger partial charge in [-0.3, -0.25) is 19.4 Å². The van der Waals surface area contributed by atoms with Crippen LogP contribution in [0.1, 0.15) is 37.6 Å². The van der Waals surface area contributed by atoms with Gasteiger partial charge in [-0.15, -0.1) is 0 Å². The number of ether oxygens (including phenoxy) is 1. The Kier molecular flexibility index (Phi) is 5.33. The third-order valence-corrected chi connectivity index (χ3v) is 4.28. The zero-order valence-corrected chi connectivity index (χ0v) is 16.6. The molecular weight excluding hydrogens is 358 g/mol. The summed E-state index contributed by atoms with van der Waals surface area (Å²) in [5, 5.41) is 11.8. The number of nitrogens with zero attached hydrogens (tertiary/aromatic N) is 3. The Balaban J connectivity index is 2.30. The molecular formula is C20H25N5O3. The first kappa shape index (κ1) is 19.8. The van der Waals surface area contributed by atoms with E-state index in [9.17, 15) is 9.59 Å². The number of carbonyl (C=O) groups excluding carboxylic acids is 1. The molecule has 2 N–H and O–H groups in total. The van der Waals surface area contributed by atoms with Gasteiger partial charge in [0, 0.05) is 32.0 Å². The predicted octanol–water partition coefficient (Wildman–Crippen LogP) is 1.69. The number of amides is 1. The summed E-state index contributed by atoms with van der Waals surface area (Å²) in [6.45, 7) is 6.51. The number of fused-ring (bicyclic) bond motifs is 2. The number of methoxy groups -OCH3 is 1. The van der Waals surface area contributed by atoms with E-state index in [1.807, 2.05) is 20.8 Å². The van der Waals surface area contributed by atoms with Crippen molar-refractivity contribution in [2.75, 3.05) is 13.7 Å². The maximum atomic E-state index is 13.0. The van der Waals surface area contributed by atoms with E-state index < -0.39 is 11.4 Å². The Morgan fingerprint density at radius 2 is 2.07 bits per heavy atom. The summed E-state index contributed by atoms with van der Waals surface area (Å²) in [4.78, 5) is 30.4. The third-order valence-electron chi connectivity index (χ3n) is 4.28. The van der Waals surface area contributed by atoms with Crippen molar-refractivity contribution in [2.24, 2.45) is 0 Å². The summed E-state index contributed by atoms with van der Waals surface area (Å²) in [6, 6.07) is 6.76. The van der Waals surface area contributed by atoms with Crippen molar-refractivity contribution in [3.63, 3.8) is 0 Å². The van der Waals surface area contributed by atoms with Crippen molar-refractivity contribution >= 4 is 22.6 Å². The molecule has 3 aromatic heterocycles. The number of carbonyl (C=O) groups is 1. The summed E-state index contributed by atoms with van der Waals surface area (Å²) in [7, 11) is 1.61. The highest BCUT2D eigenvalue weighted by Gasteiger charge is 2.20. The highest BCUT2D eigenvalue weighted by molar-refractivity contribution is 5.97. The number of rotatable bonds is 5. The van der Waals surface area contributed by atoms with Gasteiger partial charge in [0.15, 0.2) is 0 Å². The maximum absolute atomic E-state index is 13.0. The minimum Gasteiger partial charge on any atom is -0.385 e. The van der Waals surface area contributed by atoms with Gasteiger partial charge in [-0.1, -0.05) is 6.07 Å². The van der Waals surface area contributed by atoms with Gasteiger partial charge in [0.05, 0.1) is 10.9 Å². The van der Waals surface area contributed by atoms with Crippen LogP contribution in [0.25, 0.3) is 16.7 Å². The van der Waals surface area contributed by atoms with Crippen molar-refractivity contribution in [3.8, 4) is 0 Å². The van der Waals surface area contributed by atoms with Gasteiger partial charge in [0.1, 0.15) is 16.8 Å². The summed E-state index contributed by atoms with van der Waals surface area (Å²) in [5.74, 6) is -0.391. The predicted molar refractivity (Wildman–Crippen MR) is 107 cm³/mol. The van der Waals surface area contributed by atoms with E-state index in [0.29, 0.717) is 36.3 Å². The third kappa shape index (κ3) is 3.82. The second-order valence-electron chi connectivity index (χ2n) is 7.69. The van der Waals surface area contributed by atoms with Crippen molar-refractivity contribution in [3.05, 3.63) is 51.9 Å². The molecule has 0 aromatic carbocycles. The van der Waals surface area contributed by atoms with Crippen molar-refractivity contribution in [1.29, 1.82) is 5.41 Å². The molecule has 0 aliphatic rings. The fourth-order valence-corrected chi connectivity index (χ4v) is 3.05. The summed E-state index contributed by atoms with van der Waals surface area (Å²) >= 11 is 0. The monoisotopic (exact) mass is 383 g/mol. The number of hydrogen-bond acceptors (Lipinski definition) is 5. The molecule has 28 heavy (non-hydrogen) atoms. The molecule has 3 aromatic rings. The molecule has 0 fully saturated rings. The molecule has 0 spiro atoms. The minimum atomic E-state index is -0.462. The zero-order valence-electron chi connectivity index (χ0n) is 16.6. The lowest BCUT2D eigenvalue weighted by Gasteiger charge is -2.21. The Bertz CT molecular complexity index is 1150. The van der Waals surface area contributed by atoms with Gasteiger partial charge in [-0.2, -0.15) is 0 Å². The molecule has 148 valence electrons. The molecule has 0 aliphatic carbocycles. The summed E-state index contributed by atoms with van der Waals surface area (Å²) < 4.78 is 8.17. The van der Waals surface area contributed by atoms with Crippen LogP contribution in [0.3, 0.4) is 0 Å². The van der Waals surface area contributed by atoms with E-state index in [2.05, 4.69) is 10.3 Å². The molecule has 0 radical (unpaired) electrons. The van der Waals surface area contributed by atoms with Crippen LogP contribution < -0.4 is 16.4 Å². The van der Waals surface area contributed by atoms with Gasteiger partial charge in [0.25, 0.3) is 11.5 Å². The number of aryl methyl sites for hydroxylation is 1. The van der Waals surface area contributed by atoms with E-state index in [-0.39, 0.29) is 16.6 Å². The van der Waals surface area contributed by atoms with Crippen molar-refractivity contribution in [1.82, 2.24) is 19.3 Å².